The minimum Gasteiger partial charge on any atom is -0.446 e. The zero-order valence-corrected chi connectivity index (χ0v) is 19.3. The number of alkyl carbamates (subject to hydrolysis) is 1. The van der Waals surface area contributed by atoms with Crippen LogP contribution in [0.5, 0.6) is 0 Å². The average molecular weight is 417 g/mol. The van der Waals surface area contributed by atoms with Gasteiger partial charge in [0.2, 0.25) is 0 Å². The molecule has 0 aliphatic heterocycles. The number of carbonyl (C=O) groups is 2. The molecule has 4 rings (SSSR count). The molecule has 0 saturated heterocycles. The van der Waals surface area contributed by atoms with Crippen molar-refractivity contribution >= 4 is 11.9 Å². The normalized spacial score (nSPS) is 40.1. The van der Waals surface area contributed by atoms with Gasteiger partial charge >= 0.3 is 6.09 Å². The van der Waals surface area contributed by atoms with Crippen molar-refractivity contribution in [3.63, 3.8) is 0 Å². The van der Waals surface area contributed by atoms with Gasteiger partial charge in [-0.3, -0.25) is 4.79 Å². The number of nitrogens with one attached hydrogen (secondary N) is 1. The van der Waals surface area contributed by atoms with E-state index in [0.717, 1.165) is 50.5 Å². The molecule has 0 radical (unpaired) electrons. The maximum absolute atomic E-state index is 12.3. The maximum atomic E-state index is 12.3. The summed E-state index contributed by atoms with van der Waals surface area (Å²) in [6, 6.07) is 0. The Morgan fingerprint density at radius 3 is 2.70 bits per heavy atom. The van der Waals surface area contributed by atoms with Crippen LogP contribution < -0.4 is 5.32 Å². The van der Waals surface area contributed by atoms with Gasteiger partial charge in [-0.1, -0.05) is 18.6 Å². The lowest BCUT2D eigenvalue weighted by atomic mass is 9.51. The first kappa shape index (κ1) is 21.9. The molecule has 5 heteroatoms. The summed E-state index contributed by atoms with van der Waals surface area (Å²) < 4.78 is 5.74. The number of ketones is 1. The molecule has 4 aliphatic carbocycles. The fraction of sp³-hybridized carbons (Fsp3) is 0.840. The van der Waals surface area contributed by atoms with Gasteiger partial charge in [-0.25, -0.2) is 4.79 Å². The van der Waals surface area contributed by atoms with Gasteiger partial charge in [0.25, 0.3) is 0 Å². The van der Waals surface area contributed by atoms with E-state index in [1.54, 1.807) is 12.5 Å². The van der Waals surface area contributed by atoms with Crippen molar-refractivity contribution in [3.05, 3.63) is 11.6 Å². The molecule has 1 unspecified atom stereocenters. The smallest absolute Gasteiger partial charge is 0.407 e. The number of fused-ring (bicyclic) bond motifs is 5. The minimum atomic E-state index is -0.274. The number of ether oxygens (including phenoxy) is 1. The van der Waals surface area contributed by atoms with Crippen molar-refractivity contribution in [3.8, 4) is 0 Å². The van der Waals surface area contributed by atoms with Gasteiger partial charge in [-0.15, -0.1) is 0 Å². The third-order valence-corrected chi connectivity index (χ3v) is 8.99. The molecular formula is C25H40N2O3. The van der Waals surface area contributed by atoms with Gasteiger partial charge in [-0.05, 0) is 95.1 Å². The molecule has 1 amide bonds. The standard InChI is InChI=1S/C25H40N2O3/c1-16(28)22-9-10-23-21-7-5-17-15-18(30-24(29)26-13-14-27(3)4)6-8-19(17)20(21)11-12-25(22,23)2/h5,18-23H,6-15H2,1-4H3,(H,26,29)/t18-,19?,20+,21-,22+,23-,25+/m0/s1. The monoisotopic (exact) mass is 416 g/mol. The van der Waals surface area contributed by atoms with Crippen LogP contribution in [0.3, 0.4) is 0 Å². The third kappa shape index (κ3) is 4.06. The summed E-state index contributed by atoms with van der Waals surface area (Å²) in [6.07, 6.45) is 11.2. The van der Waals surface area contributed by atoms with E-state index in [1.165, 1.54) is 19.3 Å². The number of allylic oxidation sites excluding steroid dienone is 1. The van der Waals surface area contributed by atoms with E-state index in [1.807, 2.05) is 19.0 Å². The van der Waals surface area contributed by atoms with Crippen LogP contribution in [0.25, 0.3) is 0 Å². The van der Waals surface area contributed by atoms with E-state index in [0.29, 0.717) is 24.2 Å². The lowest BCUT2D eigenvalue weighted by Gasteiger charge is -2.53. The van der Waals surface area contributed by atoms with Crippen molar-refractivity contribution in [1.29, 1.82) is 0 Å². The second-order valence-corrected chi connectivity index (χ2v) is 10.9. The number of hydrogen-bond acceptors (Lipinski definition) is 4. The molecule has 7 atom stereocenters. The van der Waals surface area contributed by atoms with Crippen molar-refractivity contribution in [2.45, 2.75) is 71.3 Å². The molecule has 4 aliphatic rings. The van der Waals surface area contributed by atoms with E-state index >= 15 is 0 Å². The molecule has 0 aromatic heterocycles. The lowest BCUT2D eigenvalue weighted by Crippen LogP contribution is -2.47. The number of Topliss-reactive ketones (excluding diaryl/α,β-unsaturated/α-hetero) is 1. The topological polar surface area (TPSA) is 58.6 Å². The Morgan fingerprint density at radius 1 is 1.17 bits per heavy atom. The molecular weight excluding hydrogens is 376 g/mol. The molecule has 30 heavy (non-hydrogen) atoms. The molecule has 0 aromatic rings. The van der Waals surface area contributed by atoms with Crippen molar-refractivity contribution in [1.82, 2.24) is 10.2 Å². The van der Waals surface area contributed by atoms with Crippen molar-refractivity contribution in [2.24, 2.45) is 35.0 Å². The highest BCUT2D eigenvalue weighted by Crippen LogP contribution is 2.63. The first-order valence-electron chi connectivity index (χ1n) is 12.1. The van der Waals surface area contributed by atoms with E-state index in [4.69, 9.17) is 4.74 Å². The molecule has 5 nitrogen and oxygen atoms in total. The first-order valence-corrected chi connectivity index (χ1v) is 12.1. The van der Waals surface area contributed by atoms with E-state index < -0.39 is 0 Å². The van der Waals surface area contributed by atoms with E-state index in [-0.39, 0.29) is 23.5 Å². The quantitative estimate of drug-likeness (QED) is 0.674. The fourth-order valence-electron chi connectivity index (χ4n) is 7.58. The molecule has 1 N–H and O–H groups in total. The zero-order chi connectivity index (χ0) is 21.5. The number of nitrogens with zero attached hydrogens (tertiary/aromatic N) is 1. The molecule has 0 aromatic carbocycles. The number of rotatable bonds is 5. The Hall–Kier alpha value is -1.36. The summed E-state index contributed by atoms with van der Waals surface area (Å²) in [4.78, 5) is 26.4. The fourth-order valence-corrected chi connectivity index (χ4v) is 7.58. The number of hydrogen-bond donors (Lipinski definition) is 1. The largest absolute Gasteiger partial charge is 0.446 e. The Morgan fingerprint density at radius 2 is 1.97 bits per heavy atom. The summed E-state index contributed by atoms with van der Waals surface area (Å²) in [5, 5.41) is 2.87. The highest BCUT2D eigenvalue weighted by Gasteiger charge is 2.56. The second-order valence-electron chi connectivity index (χ2n) is 10.9. The molecule has 3 fully saturated rings. The number of carbonyl (C=O) groups excluding carboxylic acids is 2. The van der Waals surface area contributed by atoms with Crippen LogP contribution in [0.1, 0.15) is 65.2 Å². The van der Waals surface area contributed by atoms with E-state index in [9.17, 15) is 9.59 Å². The molecule has 0 heterocycles. The van der Waals surface area contributed by atoms with Crippen LogP contribution >= 0.6 is 0 Å². The zero-order valence-electron chi connectivity index (χ0n) is 19.3. The van der Waals surface area contributed by atoms with Crippen LogP contribution in [-0.2, 0) is 9.53 Å². The highest BCUT2D eigenvalue weighted by molar-refractivity contribution is 5.79. The number of amides is 1. The molecule has 168 valence electrons. The van der Waals surface area contributed by atoms with Gasteiger partial charge in [-0.2, -0.15) is 0 Å². The molecule has 3 saturated carbocycles. The van der Waals surface area contributed by atoms with E-state index in [2.05, 4.69) is 18.3 Å². The third-order valence-electron chi connectivity index (χ3n) is 8.99. The van der Waals surface area contributed by atoms with Gasteiger partial charge in [0.05, 0.1) is 0 Å². The summed E-state index contributed by atoms with van der Waals surface area (Å²) in [6.45, 7) is 5.66. The van der Waals surface area contributed by atoms with Gasteiger partial charge in [0.1, 0.15) is 11.9 Å². The predicted molar refractivity (Wildman–Crippen MR) is 118 cm³/mol. The Balaban J connectivity index is 1.37. The van der Waals surface area contributed by atoms with Crippen LogP contribution in [0.2, 0.25) is 0 Å². The Labute approximate surface area is 182 Å². The van der Waals surface area contributed by atoms with Crippen molar-refractivity contribution < 1.29 is 14.3 Å². The summed E-state index contributed by atoms with van der Waals surface area (Å²) in [7, 11) is 3.99. The summed E-state index contributed by atoms with van der Waals surface area (Å²) >= 11 is 0. The molecule has 0 bridgehead atoms. The highest BCUT2D eigenvalue weighted by atomic mass is 16.6. The van der Waals surface area contributed by atoms with Gasteiger partial charge in [0.15, 0.2) is 0 Å². The lowest BCUT2D eigenvalue weighted by molar-refractivity contribution is -0.126. The van der Waals surface area contributed by atoms with Crippen LogP contribution in [0, 0.1) is 35.0 Å². The van der Waals surface area contributed by atoms with Crippen LogP contribution in [0.15, 0.2) is 11.6 Å². The Kier molecular flexibility index (Phi) is 6.30. The predicted octanol–water partition coefficient (Wildman–Crippen LogP) is 4.42. The van der Waals surface area contributed by atoms with Gasteiger partial charge < -0.3 is 15.0 Å². The second kappa shape index (κ2) is 8.64. The summed E-state index contributed by atoms with van der Waals surface area (Å²) in [5.74, 6) is 3.58. The minimum absolute atomic E-state index is 0.0193. The summed E-state index contributed by atoms with van der Waals surface area (Å²) in [5.41, 5.74) is 1.77. The maximum Gasteiger partial charge on any atom is 0.407 e. The van der Waals surface area contributed by atoms with Gasteiger partial charge in [0, 0.05) is 25.4 Å². The number of likely N-dealkylation sites (N-methyl/N-ethyl adjacent to an activating group) is 1. The molecule has 0 spiro atoms. The first-order chi connectivity index (χ1) is 14.3. The van der Waals surface area contributed by atoms with Crippen LogP contribution in [-0.4, -0.2) is 50.1 Å². The van der Waals surface area contributed by atoms with Crippen LogP contribution in [0.4, 0.5) is 4.79 Å². The van der Waals surface area contributed by atoms with Crippen molar-refractivity contribution in [2.75, 3.05) is 27.2 Å². The Bertz CT molecular complexity index is 703. The SMILES string of the molecule is CC(=O)[C@H]1CC[C@H]2[C@H]3CC=C4C[C@@H](OC(=O)NCCN(C)C)CCC4[C@H]3CC[C@]12C. The average Bonchev–Trinajstić information content (AvgIpc) is 3.04.